The van der Waals surface area contributed by atoms with Gasteiger partial charge in [0.05, 0.1) is 31.3 Å². The lowest BCUT2D eigenvalue weighted by Crippen LogP contribution is -2.48. The normalized spacial score (nSPS) is 20.2. The molecule has 2 aliphatic heterocycles. The van der Waals surface area contributed by atoms with Gasteiger partial charge in [0.15, 0.2) is 17.1 Å². The van der Waals surface area contributed by atoms with Crippen LogP contribution < -0.4 is 25.1 Å². The number of pyridine rings is 2. The molecule has 2 N–H and O–H groups in total. The number of likely N-dealkylation sites (tertiary alicyclic amines) is 1. The monoisotopic (exact) mass is 482 g/mol. The Bertz CT molecular complexity index is 1230. The molecule has 1 saturated heterocycles. The first-order chi connectivity index (χ1) is 17.1. The first-order valence-corrected chi connectivity index (χ1v) is 11.9. The molecule has 2 atom stereocenters. The Kier molecular flexibility index (Phi) is 7.07. The van der Waals surface area contributed by atoms with E-state index in [-0.39, 0.29) is 17.6 Å². The molecule has 2 aliphatic rings. The van der Waals surface area contributed by atoms with Crippen molar-refractivity contribution in [3.63, 3.8) is 0 Å². The highest BCUT2D eigenvalue weighted by molar-refractivity contribution is 5.70. The van der Waals surface area contributed by atoms with Gasteiger partial charge >= 0.3 is 0 Å². The van der Waals surface area contributed by atoms with Gasteiger partial charge in [-0.1, -0.05) is 0 Å². The fraction of sp³-hybridized carbons (Fsp3) is 0.500. The number of rotatable bonds is 8. The van der Waals surface area contributed by atoms with Gasteiger partial charge in [0.25, 0.3) is 5.56 Å². The fourth-order valence-electron chi connectivity index (χ4n) is 4.56. The van der Waals surface area contributed by atoms with Crippen LogP contribution in [-0.4, -0.2) is 82.1 Å². The minimum Gasteiger partial charge on any atom is -0.486 e. The number of hydrogen-bond donors (Lipinski definition) is 2. The van der Waals surface area contributed by atoms with E-state index in [1.807, 2.05) is 6.07 Å². The van der Waals surface area contributed by atoms with Crippen LogP contribution >= 0.6 is 0 Å². The van der Waals surface area contributed by atoms with E-state index < -0.39 is 0 Å². The van der Waals surface area contributed by atoms with Gasteiger partial charge in [-0.2, -0.15) is 4.98 Å². The molecule has 5 rings (SSSR count). The molecule has 11 nitrogen and oxygen atoms in total. The molecular formula is C24H30N6O5. The van der Waals surface area contributed by atoms with Crippen LogP contribution in [0.4, 0.5) is 0 Å². The SMILES string of the molecule is COc1cnc2ccc(=O)n(CCN3CC[C@@H](O)C(CNCc4cc5c(cn4)OCCO5)C3)c2n1. The average Bonchev–Trinajstić information content (AvgIpc) is 2.89. The first-order valence-electron chi connectivity index (χ1n) is 11.9. The Hall–Kier alpha value is -3.28. The van der Waals surface area contributed by atoms with Crippen molar-refractivity contribution < 1.29 is 19.3 Å². The van der Waals surface area contributed by atoms with Crippen molar-refractivity contribution in [1.82, 2.24) is 29.7 Å². The summed E-state index contributed by atoms with van der Waals surface area (Å²) in [6, 6.07) is 5.09. The average molecular weight is 483 g/mol. The third-order valence-electron chi connectivity index (χ3n) is 6.49. The summed E-state index contributed by atoms with van der Waals surface area (Å²) >= 11 is 0. The van der Waals surface area contributed by atoms with Crippen molar-refractivity contribution in [1.29, 1.82) is 0 Å². The van der Waals surface area contributed by atoms with Crippen LogP contribution in [0.2, 0.25) is 0 Å². The molecule has 5 heterocycles. The van der Waals surface area contributed by atoms with Crippen LogP contribution in [0.15, 0.2) is 35.4 Å². The van der Waals surface area contributed by atoms with Gasteiger partial charge in [-0.3, -0.25) is 14.3 Å². The van der Waals surface area contributed by atoms with Crippen molar-refractivity contribution in [2.24, 2.45) is 5.92 Å². The summed E-state index contributed by atoms with van der Waals surface area (Å²) in [5, 5.41) is 14.0. The molecule has 0 bridgehead atoms. The molecule has 1 unspecified atom stereocenters. The number of methoxy groups -OCH3 is 1. The van der Waals surface area contributed by atoms with Gasteiger partial charge in [-0.15, -0.1) is 0 Å². The Morgan fingerprint density at radius 1 is 1.17 bits per heavy atom. The molecule has 0 spiro atoms. The second-order valence-electron chi connectivity index (χ2n) is 8.81. The largest absolute Gasteiger partial charge is 0.486 e. The molecule has 0 aliphatic carbocycles. The third kappa shape index (κ3) is 5.37. The molecule has 11 heteroatoms. The molecule has 3 aromatic rings. The molecule has 3 aromatic heterocycles. The van der Waals surface area contributed by atoms with Gasteiger partial charge < -0.3 is 29.5 Å². The van der Waals surface area contributed by atoms with E-state index in [1.54, 1.807) is 23.0 Å². The van der Waals surface area contributed by atoms with Gasteiger partial charge in [0.2, 0.25) is 5.88 Å². The summed E-state index contributed by atoms with van der Waals surface area (Å²) in [6.07, 6.45) is 3.55. The number of fused-ring (bicyclic) bond motifs is 2. The van der Waals surface area contributed by atoms with E-state index in [0.717, 1.165) is 24.5 Å². The lowest BCUT2D eigenvalue weighted by Gasteiger charge is -2.36. The lowest BCUT2D eigenvalue weighted by atomic mass is 9.94. The molecule has 186 valence electrons. The van der Waals surface area contributed by atoms with Gasteiger partial charge in [-0.05, 0) is 12.5 Å². The summed E-state index contributed by atoms with van der Waals surface area (Å²) in [5.74, 6) is 1.84. The molecule has 0 amide bonds. The lowest BCUT2D eigenvalue weighted by molar-refractivity contribution is 0.0257. The van der Waals surface area contributed by atoms with Crippen LogP contribution in [0.1, 0.15) is 12.1 Å². The predicted molar refractivity (Wildman–Crippen MR) is 128 cm³/mol. The summed E-state index contributed by atoms with van der Waals surface area (Å²) < 4.78 is 18.0. The van der Waals surface area contributed by atoms with E-state index in [1.165, 1.54) is 13.2 Å². The number of aromatic nitrogens is 4. The second-order valence-corrected chi connectivity index (χ2v) is 8.81. The minimum absolute atomic E-state index is 0.0742. The number of ether oxygens (including phenoxy) is 3. The number of nitrogens with one attached hydrogen (secondary N) is 1. The summed E-state index contributed by atoms with van der Waals surface area (Å²) in [4.78, 5) is 28.0. The third-order valence-corrected chi connectivity index (χ3v) is 6.49. The van der Waals surface area contributed by atoms with Gasteiger partial charge in [0, 0.05) is 57.3 Å². The number of aliphatic hydroxyl groups is 1. The highest BCUT2D eigenvalue weighted by atomic mass is 16.6. The summed E-state index contributed by atoms with van der Waals surface area (Å²) in [5.41, 5.74) is 1.90. The number of piperidine rings is 1. The van der Waals surface area contributed by atoms with E-state index in [2.05, 4.69) is 25.2 Å². The zero-order chi connectivity index (χ0) is 24.2. The van der Waals surface area contributed by atoms with Crippen molar-refractivity contribution in [3.05, 3.63) is 46.6 Å². The van der Waals surface area contributed by atoms with Crippen molar-refractivity contribution in [2.75, 3.05) is 46.5 Å². The van der Waals surface area contributed by atoms with Crippen LogP contribution in [0.3, 0.4) is 0 Å². The molecular weight excluding hydrogens is 452 g/mol. The predicted octanol–water partition coefficient (Wildman–Crippen LogP) is 0.439. The standard InChI is InChI=1S/C24H30N6O5/c1-33-22-14-27-18-2-3-23(32)30(24(18)28-22)7-6-29-5-4-19(31)16(15-29)11-25-12-17-10-20-21(13-26-17)35-9-8-34-20/h2-3,10,13-14,16,19,25,31H,4-9,11-12,15H2,1H3/t16?,19-/m1/s1. The van der Waals surface area contributed by atoms with Crippen molar-refractivity contribution in [3.8, 4) is 17.4 Å². The second kappa shape index (κ2) is 10.5. The van der Waals surface area contributed by atoms with Crippen LogP contribution in [0.5, 0.6) is 17.4 Å². The van der Waals surface area contributed by atoms with Crippen LogP contribution in [0.25, 0.3) is 11.2 Å². The Morgan fingerprint density at radius 2 is 2.03 bits per heavy atom. The summed E-state index contributed by atoms with van der Waals surface area (Å²) in [7, 11) is 1.53. The molecule has 1 fully saturated rings. The highest BCUT2D eigenvalue weighted by Crippen LogP contribution is 2.29. The number of aliphatic hydroxyl groups excluding tert-OH is 1. The van der Waals surface area contributed by atoms with E-state index in [4.69, 9.17) is 14.2 Å². The van der Waals surface area contributed by atoms with Crippen molar-refractivity contribution >= 4 is 11.2 Å². The maximum Gasteiger partial charge on any atom is 0.252 e. The van der Waals surface area contributed by atoms with Crippen LogP contribution in [0, 0.1) is 5.92 Å². The number of hydrogen-bond acceptors (Lipinski definition) is 10. The fourth-order valence-corrected chi connectivity index (χ4v) is 4.56. The molecule has 0 saturated carbocycles. The van der Waals surface area contributed by atoms with E-state index in [9.17, 15) is 9.90 Å². The smallest absolute Gasteiger partial charge is 0.252 e. The zero-order valence-electron chi connectivity index (χ0n) is 19.7. The zero-order valence-corrected chi connectivity index (χ0v) is 19.7. The topological polar surface area (TPSA) is 124 Å². The Morgan fingerprint density at radius 3 is 2.89 bits per heavy atom. The van der Waals surface area contributed by atoms with E-state index in [0.29, 0.717) is 68.6 Å². The Balaban J connectivity index is 1.18. The van der Waals surface area contributed by atoms with E-state index >= 15 is 0 Å². The highest BCUT2D eigenvalue weighted by Gasteiger charge is 2.27. The summed E-state index contributed by atoms with van der Waals surface area (Å²) in [6.45, 7) is 4.97. The van der Waals surface area contributed by atoms with Crippen molar-refractivity contribution in [2.45, 2.75) is 25.6 Å². The minimum atomic E-state index is -0.373. The first kappa shape index (κ1) is 23.5. The maximum absolute atomic E-state index is 12.6. The van der Waals surface area contributed by atoms with Gasteiger partial charge in [0.1, 0.15) is 18.7 Å². The molecule has 0 aromatic carbocycles. The van der Waals surface area contributed by atoms with Crippen LogP contribution in [-0.2, 0) is 13.1 Å². The number of nitrogens with zero attached hydrogens (tertiary/aromatic N) is 5. The Labute approximate surface area is 202 Å². The van der Waals surface area contributed by atoms with Gasteiger partial charge in [-0.25, -0.2) is 4.98 Å². The molecule has 35 heavy (non-hydrogen) atoms. The quantitative estimate of drug-likeness (QED) is 0.467. The maximum atomic E-state index is 12.6. The molecule has 0 radical (unpaired) electrons.